The zero-order valence-corrected chi connectivity index (χ0v) is 11.6. The summed E-state index contributed by atoms with van der Waals surface area (Å²) >= 11 is 0. The molecular formula is C15H21N3O. The summed E-state index contributed by atoms with van der Waals surface area (Å²) in [6.07, 6.45) is 2.90. The third kappa shape index (κ3) is 2.48. The van der Waals surface area contributed by atoms with Crippen molar-refractivity contribution >= 4 is 10.9 Å². The Bertz CT molecular complexity index is 682. The van der Waals surface area contributed by atoms with Gasteiger partial charge >= 0.3 is 0 Å². The lowest BCUT2D eigenvalue weighted by Gasteiger charge is -2.15. The molecule has 4 heteroatoms. The van der Waals surface area contributed by atoms with Crippen LogP contribution in [0.15, 0.2) is 29.1 Å². The molecule has 0 saturated carbocycles. The maximum absolute atomic E-state index is 12.4. The Hall–Kier alpha value is -1.84. The monoisotopic (exact) mass is 259 g/mol. The number of hydrogen-bond acceptors (Lipinski definition) is 2. The number of rotatable bonds is 5. The molecule has 0 aliphatic carbocycles. The molecule has 4 nitrogen and oxygen atoms in total. The van der Waals surface area contributed by atoms with Crippen LogP contribution in [0.4, 0.5) is 0 Å². The lowest BCUT2D eigenvalue weighted by Crippen LogP contribution is -2.40. The summed E-state index contributed by atoms with van der Waals surface area (Å²) in [5, 5.41) is 8.99. The zero-order chi connectivity index (χ0) is 13.8. The molecule has 1 aromatic carbocycles. The van der Waals surface area contributed by atoms with Crippen molar-refractivity contribution < 1.29 is 0 Å². The van der Waals surface area contributed by atoms with Crippen LogP contribution in [0, 0.1) is 5.41 Å². The Kier molecular flexibility index (Phi) is 4.20. The summed E-state index contributed by atoms with van der Waals surface area (Å²) < 4.78 is 3.54. The highest BCUT2D eigenvalue weighted by Crippen LogP contribution is 2.08. The molecule has 0 aliphatic heterocycles. The van der Waals surface area contributed by atoms with Crippen LogP contribution in [0.25, 0.3) is 10.9 Å². The smallest absolute Gasteiger partial charge is 0.262 e. The normalized spacial score (nSPS) is 11.1. The van der Waals surface area contributed by atoms with Crippen molar-refractivity contribution in [3.63, 3.8) is 0 Å². The topological polar surface area (TPSA) is 50.8 Å². The Morgan fingerprint density at radius 3 is 2.47 bits per heavy atom. The van der Waals surface area contributed by atoms with Crippen LogP contribution >= 0.6 is 0 Å². The first-order chi connectivity index (χ1) is 9.20. The molecule has 0 spiro atoms. The van der Waals surface area contributed by atoms with Crippen LogP contribution in [0.3, 0.4) is 0 Å². The van der Waals surface area contributed by atoms with E-state index in [2.05, 4.69) is 13.8 Å². The molecule has 0 unspecified atom stereocenters. The van der Waals surface area contributed by atoms with Gasteiger partial charge in [0, 0.05) is 13.1 Å². The van der Waals surface area contributed by atoms with E-state index >= 15 is 0 Å². The van der Waals surface area contributed by atoms with Gasteiger partial charge in [0.05, 0.1) is 10.9 Å². The molecule has 0 atom stereocenters. The fraction of sp³-hybridized carbons (Fsp3) is 0.467. The number of para-hydroxylation sites is 1. The van der Waals surface area contributed by atoms with Gasteiger partial charge in [0.15, 0.2) is 0 Å². The highest BCUT2D eigenvalue weighted by atomic mass is 16.1. The van der Waals surface area contributed by atoms with Gasteiger partial charge in [-0.2, -0.15) is 0 Å². The van der Waals surface area contributed by atoms with E-state index in [0.29, 0.717) is 17.5 Å². The fourth-order valence-corrected chi connectivity index (χ4v) is 2.36. The average Bonchev–Trinajstić information content (AvgIpc) is 2.43. The molecule has 1 aromatic heterocycles. The molecule has 2 rings (SSSR count). The van der Waals surface area contributed by atoms with Crippen molar-refractivity contribution in [1.29, 1.82) is 5.41 Å². The molecule has 1 heterocycles. The Morgan fingerprint density at radius 1 is 1.05 bits per heavy atom. The van der Waals surface area contributed by atoms with E-state index in [-0.39, 0.29) is 5.56 Å². The van der Waals surface area contributed by atoms with Crippen LogP contribution in [-0.2, 0) is 13.1 Å². The fourth-order valence-electron chi connectivity index (χ4n) is 2.36. The summed E-state index contributed by atoms with van der Waals surface area (Å²) in [7, 11) is 0. The summed E-state index contributed by atoms with van der Waals surface area (Å²) in [5.74, 6) is 0. The Balaban J connectivity index is 2.75. The molecule has 102 valence electrons. The van der Waals surface area contributed by atoms with Crippen molar-refractivity contribution in [2.24, 2.45) is 0 Å². The van der Waals surface area contributed by atoms with E-state index in [1.165, 1.54) is 0 Å². The number of aromatic nitrogens is 2. The summed E-state index contributed by atoms with van der Waals surface area (Å²) in [6, 6.07) is 7.58. The van der Waals surface area contributed by atoms with Crippen LogP contribution in [-0.4, -0.2) is 9.13 Å². The second-order valence-corrected chi connectivity index (χ2v) is 4.80. The molecule has 0 aliphatic rings. The molecule has 19 heavy (non-hydrogen) atoms. The van der Waals surface area contributed by atoms with Gasteiger partial charge in [0.1, 0.15) is 0 Å². The number of fused-ring (bicyclic) bond motifs is 1. The number of hydrogen-bond donors (Lipinski definition) is 1. The van der Waals surface area contributed by atoms with Crippen molar-refractivity contribution in [2.75, 3.05) is 0 Å². The average molecular weight is 259 g/mol. The largest absolute Gasteiger partial charge is 0.312 e. The molecule has 0 saturated heterocycles. The molecular weight excluding hydrogens is 238 g/mol. The first-order valence-electron chi connectivity index (χ1n) is 6.97. The van der Waals surface area contributed by atoms with Gasteiger partial charge < -0.3 is 4.57 Å². The summed E-state index contributed by atoms with van der Waals surface area (Å²) in [5.41, 5.74) is 1.15. The Morgan fingerprint density at radius 2 is 1.79 bits per heavy atom. The minimum absolute atomic E-state index is 0.0404. The van der Waals surface area contributed by atoms with Crippen molar-refractivity contribution in [2.45, 2.75) is 46.2 Å². The van der Waals surface area contributed by atoms with Crippen LogP contribution in [0.1, 0.15) is 33.1 Å². The summed E-state index contributed by atoms with van der Waals surface area (Å²) in [6.45, 7) is 5.58. The minimum Gasteiger partial charge on any atom is -0.312 e. The van der Waals surface area contributed by atoms with Crippen molar-refractivity contribution in [3.8, 4) is 0 Å². The van der Waals surface area contributed by atoms with Crippen molar-refractivity contribution in [1.82, 2.24) is 9.13 Å². The summed E-state index contributed by atoms with van der Waals surface area (Å²) in [4.78, 5) is 12.4. The third-order valence-electron chi connectivity index (χ3n) is 3.36. The van der Waals surface area contributed by atoms with E-state index < -0.39 is 0 Å². The molecule has 2 aromatic rings. The zero-order valence-electron chi connectivity index (χ0n) is 11.6. The molecule has 0 bridgehead atoms. The number of nitrogens with one attached hydrogen (secondary N) is 1. The number of aryl methyl sites for hydroxylation is 1. The predicted octanol–water partition coefficient (Wildman–Crippen LogP) is 2.49. The second kappa shape index (κ2) is 5.87. The lowest BCUT2D eigenvalue weighted by atomic mass is 10.2. The molecule has 1 N–H and O–H groups in total. The van der Waals surface area contributed by atoms with E-state index in [9.17, 15) is 4.79 Å². The quantitative estimate of drug-likeness (QED) is 0.881. The highest BCUT2D eigenvalue weighted by Gasteiger charge is 2.09. The van der Waals surface area contributed by atoms with Crippen LogP contribution in [0.5, 0.6) is 0 Å². The molecule has 0 fully saturated rings. The first-order valence-corrected chi connectivity index (χ1v) is 6.97. The predicted molar refractivity (Wildman–Crippen MR) is 77.3 cm³/mol. The first kappa shape index (κ1) is 13.6. The number of benzene rings is 1. The second-order valence-electron chi connectivity index (χ2n) is 4.80. The third-order valence-corrected chi connectivity index (χ3v) is 3.36. The van der Waals surface area contributed by atoms with Crippen molar-refractivity contribution in [3.05, 3.63) is 40.2 Å². The van der Waals surface area contributed by atoms with E-state index in [4.69, 9.17) is 5.41 Å². The van der Waals surface area contributed by atoms with E-state index in [1.54, 1.807) is 4.57 Å². The maximum Gasteiger partial charge on any atom is 0.262 e. The standard InChI is InChI=1S/C15H21N3O/c1-3-5-11-18-14(19)12-8-6-7-9-13(12)17(10-4-2)15(18)16/h6-9,16H,3-5,10-11H2,1-2H3. The Labute approximate surface area is 112 Å². The lowest BCUT2D eigenvalue weighted by molar-refractivity contribution is 0.521. The van der Waals surface area contributed by atoms with Gasteiger partial charge in [-0.15, -0.1) is 0 Å². The van der Waals surface area contributed by atoms with Gasteiger partial charge in [-0.1, -0.05) is 32.4 Å². The molecule has 0 radical (unpaired) electrons. The van der Waals surface area contributed by atoms with Crippen LogP contribution in [0.2, 0.25) is 0 Å². The maximum atomic E-state index is 12.4. The number of nitrogens with zero attached hydrogens (tertiary/aromatic N) is 2. The van der Waals surface area contributed by atoms with E-state index in [0.717, 1.165) is 31.3 Å². The molecule has 0 amide bonds. The number of unbranched alkanes of at least 4 members (excludes halogenated alkanes) is 1. The van der Waals surface area contributed by atoms with Gasteiger partial charge in [0.2, 0.25) is 5.62 Å². The van der Waals surface area contributed by atoms with E-state index in [1.807, 2.05) is 28.8 Å². The highest BCUT2D eigenvalue weighted by molar-refractivity contribution is 5.77. The van der Waals surface area contributed by atoms with Crippen LogP contribution < -0.4 is 11.2 Å². The van der Waals surface area contributed by atoms with Gasteiger partial charge in [0.25, 0.3) is 5.56 Å². The minimum atomic E-state index is -0.0404. The van der Waals surface area contributed by atoms with Gasteiger partial charge in [-0.05, 0) is 25.0 Å². The SMILES string of the molecule is CCCCn1c(=O)c2ccccc2n(CCC)c1=N. The van der Waals surface area contributed by atoms with Gasteiger partial charge in [-0.25, -0.2) is 0 Å². The van der Waals surface area contributed by atoms with Gasteiger partial charge in [-0.3, -0.25) is 14.8 Å².